The van der Waals surface area contributed by atoms with E-state index >= 15 is 0 Å². The predicted octanol–water partition coefficient (Wildman–Crippen LogP) is 2.19. The fraction of sp³-hybridized carbons (Fsp3) is 0.714. The Morgan fingerprint density at radius 3 is 2.47 bits per heavy atom. The Morgan fingerprint density at radius 1 is 1.21 bits per heavy atom. The van der Waals surface area contributed by atoms with Crippen LogP contribution in [0.1, 0.15) is 44.6 Å². The number of hydrogen-bond donors (Lipinski definition) is 3. The van der Waals surface area contributed by atoms with Crippen LogP contribution in [0.25, 0.3) is 0 Å². The number of rotatable bonds is 5. The standard InChI is InChI=1S/C14H24N4O/c1-3-11-12(15-2)16-10-17-13(11)18-14(9-19)7-5-4-6-8-14/h10,19H,3-9H2,1-2H3,(H2,15,16,17,18). The van der Waals surface area contributed by atoms with Gasteiger partial charge in [-0.3, -0.25) is 0 Å². The second kappa shape index (κ2) is 6.19. The van der Waals surface area contributed by atoms with Gasteiger partial charge in [0.1, 0.15) is 18.0 Å². The molecule has 0 amide bonds. The molecule has 2 rings (SSSR count). The first-order valence-corrected chi connectivity index (χ1v) is 7.15. The summed E-state index contributed by atoms with van der Waals surface area (Å²) in [5.74, 6) is 1.72. The molecule has 0 bridgehead atoms. The third-order valence-corrected chi connectivity index (χ3v) is 4.03. The first-order chi connectivity index (χ1) is 9.24. The van der Waals surface area contributed by atoms with E-state index in [-0.39, 0.29) is 12.1 Å². The monoisotopic (exact) mass is 264 g/mol. The SMILES string of the molecule is CCc1c(NC)ncnc1NC1(CO)CCCCC1. The van der Waals surface area contributed by atoms with Crippen LogP contribution in [0.2, 0.25) is 0 Å². The van der Waals surface area contributed by atoms with E-state index in [4.69, 9.17) is 0 Å². The summed E-state index contributed by atoms with van der Waals surface area (Å²) in [5, 5.41) is 16.4. The normalized spacial score (nSPS) is 18.1. The Bertz CT molecular complexity index is 416. The summed E-state index contributed by atoms with van der Waals surface area (Å²) in [6.07, 6.45) is 8.03. The molecule has 1 aromatic rings. The highest BCUT2D eigenvalue weighted by molar-refractivity contribution is 5.58. The minimum absolute atomic E-state index is 0.162. The molecule has 1 aromatic heterocycles. The summed E-state index contributed by atoms with van der Waals surface area (Å²) < 4.78 is 0. The first-order valence-electron chi connectivity index (χ1n) is 7.15. The molecule has 1 aliphatic carbocycles. The largest absolute Gasteiger partial charge is 0.394 e. The summed E-state index contributed by atoms with van der Waals surface area (Å²) >= 11 is 0. The van der Waals surface area contributed by atoms with Crippen molar-refractivity contribution in [2.75, 3.05) is 24.3 Å². The predicted molar refractivity (Wildman–Crippen MR) is 77.5 cm³/mol. The minimum Gasteiger partial charge on any atom is -0.394 e. The van der Waals surface area contributed by atoms with Crippen LogP contribution in [0, 0.1) is 0 Å². The second-order valence-electron chi connectivity index (χ2n) is 5.28. The smallest absolute Gasteiger partial charge is 0.135 e. The van der Waals surface area contributed by atoms with Crippen LogP contribution in [0.5, 0.6) is 0 Å². The summed E-state index contributed by atoms with van der Waals surface area (Å²) in [6, 6.07) is 0. The van der Waals surface area contributed by atoms with Crippen LogP contribution in [-0.4, -0.2) is 34.3 Å². The molecule has 1 saturated carbocycles. The van der Waals surface area contributed by atoms with Crippen LogP contribution < -0.4 is 10.6 Å². The van der Waals surface area contributed by atoms with E-state index < -0.39 is 0 Å². The van der Waals surface area contributed by atoms with E-state index in [1.54, 1.807) is 6.33 Å². The Labute approximate surface area is 114 Å². The lowest BCUT2D eigenvalue weighted by Gasteiger charge is -2.37. The average Bonchev–Trinajstić information content (AvgIpc) is 2.48. The molecule has 0 aromatic carbocycles. The second-order valence-corrected chi connectivity index (χ2v) is 5.28. The molecule has 1 heterocycles. The van der Waals surface area contributed by atoms with E-state index in [1.165, 1.54) is 19.3 Å². The molecule has 0 spiro atoms. The minimum atomic E-state index is -0.207. The van der Waals surface area contributed by atoms with Crippen LogP contribution >= 0.6 is 0 Å². The van der Waals surface area contributed by atoms with Gasteiger partial charge in [0.05, 0.1) is 12.1 Å². The third-order valence-electron chi connectivity index (χ3n) is 4.03. The molecular weight excluding hydrogens is 240 g/mol. The molecule has 0 atom stereocenters. The Morgan fingerprint density at radius 2 is 1.89 bits per heavy atom. The van der Waals surface area contributed by atoms with Gasteiger partial charge in [-0.2, -0.15) is 0 Å². The van der Waals surface area contributed by atoms with Gasteiger partial charge in [0.25, 0.3) is 0 Å². The molecule has 5 heteroatoms. The van der Waals surface area contributed by atoms with Crippen LogP contribution in [0.4, 0.5) is 11.6 Å². The van der Waals surface area contributed by atoms with Crippen LogP contribution in [0.15, 0.2) is 6.33 Å². The van der Waals surface area contributed by atoms with Crippen molar-refractivity contribution in [3.05, 3.63) is 11.9 Å². The molecule has 1 fully saturated rings. The molecule has 106 valence electrons. The van der Waals surface area contributed by atoms with Gasteiger partial charge < -0.3 is 15.7 Å². The third kappa shape index (κ3) is 2.97. The lowest BCUT2D eigenvalue weighted by Crippen LogP contribution is -2.44. The fourth-order valence-corrected chi connectivity index (χ4v) is 2.87. The van der Waals surface area contributed by atoms with Crippen molar-refractivity contribution in [2.45, 2.75) is 51.0 Å². The molecule has 19 heavy (non-hydrogen) atoms. The number of nitrogens with zero attached hydrogens (tertiary/aromatic N) is 2. The zero-order valence-corrected chi connectivity index (χ0v) is 11.9. The van der Waals surface area contributed by atoms with Crippen molar-refractivity contribution in [1.29, 1.82) is 0 Å². The highest BCUT2D eigenvalue weighted by atomic mass is 16.3. The van der Waals surface area contributed by atoms with Gasteiger partial charge in [0.15, 0.2) is 0 Å². The summed E-state index contributed by atoms with van der Waals surface area (Å²) in [6.45, 7) is 2.26. The molecule has 0 unspecified atom stereocenters. The average molecular weight is 264 g/mol. The van der Waals surface area contributed by atoms with Gasteiger partial charge in [0.2, 0.25) is 0 Å². The van der Waals surface area contributed by atoms with Crippen molar-refractivity contribution >= 4 is 11.6 Å². The number of aromatic nitrogens is 2. The van der Waals surface area contributed by atoms with Crippen LogP contribution in [0.3, 0.4) is 0 Å². The zero-order chi connectivity index (χ0) is 13.7. The highest BCUT2D eigenvalue weighted by Crippen LogP contribution is 2.32. The molecule has 0 aliphatic heterocycles. The molecule has 3 N–H and O–H groups in total. The number of nitrogens with one attached hydrogen (secondary N) is 2. The Balaban J connectivity index is 2.26. The summed E-state index contributed by atoms with van der Waals surface area (Å²) in [7, 11) is 1.87. The number of aliphatic hydroxyl groups excluding tert-OH is 1. The van der Waals surface area contributed by atoms with Crippen molar-refractivity contribution in [3.63, 3.8) is 0 Å². The number of aliphatic hydroxyl groups is 1. The van der Waals surface area contributed by atoms with Crippen molar-refractivity contribution in [2.24, 2.45) is 0 Å². The fourth-order valence-electron chi connectivity index (χ4n) is 2.87. The molecule has 5 nitrogen and oxygen atoms in total. The van der Waals surface area contributed by atoms with E-state index in [1.807, 2.05) is 7.05 Å². The molecular formula is C14H24N4O. The number of anilines is 2. The molecule has 0 radical (unpaired) electrons. The highest BCUT2D eigenvalue weighted by Gasteiger charge is 2.32. The van der Waals surface area contributed by atoms with E-state index in [0.717, 1.165) is 36.5 Å². The number of hydrogen-bond acceptors (Lipinski definition) is 5. The van der Waals surface area contributed by atoms with Crippen LogP contribution in [-0.2, 0) is 6.42 Å². The van der Waals surface area contributed by atoms with Gasteiger partial charge in [-0.05, 0) is 19.3 Å². The van der Waals surface area contributed by atoms with Crippen molar-refractivity contribution < 1.29 is 5.11 Å². The Hall–Kier alpha value is -1.36. The van der Waals surface area contributed by atoms with Gasteiger partial charge in [-0.15, -0.1) is 0 Å². The summed E-state index contributed by atoms with van der Waals surface area (Å²) in [5.41, 5.74) is 0.880. The lowest BCUT2D eigenvalue weighted by molar-refractivity contribution is 0.172. The topological polar surface area (TPSA) is 70.1 Å². The lowest BCUT2D eigenvalue weighted by atomic mass is 9.82. The quantitative estimate of drug-likeness (QED) is 0.760. The van der Waals surface area contributed by atoms with Crippen molar-refractivity contribution in [3.8, 4) is 0 Å². The van der Waals surface area contributed by atoms with Gasteiger partial charge in [-0.25, -0.2) is 9.97 Å². The zero-order valence-electron chi connectivity index (χ0n) is 11.9. The maximum Gasteiger partial charge on any atom is 0.135 e. The Kier molecular flexibility index (Phi) is 4.58. The molecule has 1 aliphatic rings. The first kappa shape index (κ1) is 14.1. The van der Waals surface area contributed by atoms with Gasteiger partial charge >= 0.3 is 0 Å². The van der Waals surface area contributed by atoms with Gasteiger partial charge in [-0.1, -0.05) is 26.2 Å². The van der Waals surface area contributed by atoms with E-state index in [0.29, 0.717) is 0 Å². The molecule has 0 saturated heterocycles. The maximum atomic E-state index is 9.77. The van der Waals surface area contributed by atoms with Gasteiger partial charge in [0, 0.05) is 12.6 Å². The van der Waals surface area contributed by atoms with Crippen molar-refractivity contribution in [1.82, 2.24) is 9.97 Å². The summed E-state index contributed by atoms with van der Waals surface area (Å²) in [4.78, 5) is 8.62. The maximum absolute atomic E-state index is 9.77. The van der Waals surface area contributed by atoms with E-state index in [9.17, 15) is 5.11 Å². The van der Waals surface area contributed by atoms with E-state index in [2.05, 4.69) is 27.5 Å².